The van der Waals surface area contributed by atoms with E-state index in [4.69, 9.17) is 4.74 Å². The first-order chi connectivity index (χ1) is 9.94. The van der Waals surface area contributed by atoms with E-state index in [1.165, 1.54) is 12.8 Å². The molecule has 1 aliphatic heterocycles. The Hall–Kier alpha value is -1.13. The molecule has 0 radical (unpaired) electrons. The van der Waals surface area contributed by atoms with Gasteiger partial charge in [-0.15, -0.1) is 0 Å². The highest BCUT2D eigenvalue weighted by Crippen LogP contribution is 2.19. The Labute approximate surface area is 127 Å². The van der Waals surface area contributed by atoms with E-state index in [0.29, 0.717) is 18.9 Å². The number of benzene rings is 1. The molecule has 1 N–H and O–H groups in total. The fourth-order valence-electron chi connectivity index (χ4n) is 2.43. The molecule has 1 aromatic rings. The van der Waals surface area contributed by atoms with E-state index >= 15 is 0 Å². The Morgan fingerprint density at radius 2 is 1.95 bits per heavy atom. The Balaban J connectivity index is 1.80. The molecule has 1 heterocycles. The molecule has 0 saturated carbocycles. The maximum absolute atomic E-state index is 14.0. The molecule has 4 heteroatoms. The minimum absolute atomic E-state index is 0.0291. The van der Waals surface area contributed by atoms with Gasteiger partial charge in [0.05, 0.1) is 0 Å². The molecular weight excluding hydrogens is 267 g/mol. The van der Waals surface area contributed by atoms with Crippen molar-refractivity contribution in [2.75, 3.05) is 26.2 Å². The number of rotatable bonds is 6. The lowest BCUT2D eigenvalue weighted by Gasteiger charge is -2.20. The molecule has 0 aliphatic carbocycles. The molecule has 1 fully saturated rings. The van der Waals surface area contributed by atoms with Gasteiger partial charge in [0.25, 0.3) is 0 Å². The molecule has 0 aromatic heterocycles. The predicted molar refractivity (Wildman–Crippen MR) is 84.2 cm³/mol. The quantitative estimate of drug-likeness (QED) is 0.872. The summed E-state index contributed by atoms with van der Waals surface area (Å²) in [5, 5.41) is 3.35. The van der Waals surface area contributed by atoms with E-state index in [-0.39, 0.29) is 11.4 Å². The van der Waals surface area contributed by atoms with Crippen LogP contribution in [0.2, 0.25) is 0 Å². The zero-order valence-electron chi connectivity index (χ0n) is 13.4. The largest absolute Gasteiger partial charge is 0.489 e. The van der Waals surface area contributed by atoms with E-state index in [1.54, 1.807) is 12.1 Å². The zero-order chi connectivity index (χ0) is 15.3. The number of halogens is 1. The van der Waals surface area contributed by atoms with Crippen LogP contribution in [-0.4, -0.2) is 36.7 Å². The van der Waals surface area contributed by atoms with Gasteiger partial charge in [0.15, 0.2) is 11.6 Å². The maximum Gasteiger partial charge on any atom is 0.165 e. The van der Waals surface area contributed by atoms with E-state index in [9.17, 15) is 4.39 Å². The van der Waals surface area contributed by atoms with Gasteiger partial charge in [0.2, 0.25) is 0 Å². The topological polar surface area (TPSA) is 24.5 Å². The van der Waals surface area contributed by atoms with Crippen molar-refractivity contribution in [2.45, 2.75) is 45.7 Å². The molecule has 0 unspecified atom stereocenters. The molecule has 118 valence electrons. The van der Waals surface area contributed by atoms with Crippen molar-refractivity contribution >= 4 is 0 Å². The van der Waals surface area contributed by atoms with Crippen molar-refractivity contribution in [1.82, 2.24) is 10.2 Å². The summed E-state index contributed by atoms with van der Waals surface area (Å²) in [6.45, 7) is 10.7. The van der Waals surface area contributed by atoms with E-state index in [2.05, 4.69) is 31.0 Å². The van der Waals surface area contributed by atoms with Gasteiger partial charge in [-0.25, -0.2) is 4.39 Å². The van der Waals surface area contributed by atoms with Gasteiger partial charge in [-0.1, -0.05) is 6.07 Å². The van der Waals surface area contributed by atoms with Crippen LogP contribution in [-0.2, 0) is 6.54 Å². The monoisotopic (exact) mass is 294 g/mol. The molecule has 1 aliphatic rings. The summed E-state index contributed by atoms with van der Waals surface area (Å²) in [5.74, 6) is 0.0818. The summed E-state index contributed by atoms with van der Waals surface area (Å²) >= 11 is 0. The minimum Gasteiger partial charge on any atom is -0.489 e. The van der Waals surface area contributed by atoms with Crippen LogP contribution in [0.15, 0.2) is 18.2 Å². The van der Waals surface area contributed by atoms with Crippen LogP contribution in [0.5, 0.6) is 5.75 Å². The normalized spacial score (nSPS) is 16.4. The second-order valence-electron chi connectivity index (χ2n) is 6.77. The fourth-order valence-corrected chi connectivity index (χ4v) is 2.43. The lowest BCUT2D eigenvalue weighted by atomic mass is 10.1. The summed E-state index contributed by atoms with van der Waals surface area (Å²) in [6.07, 6.45) is 2.54. The third-order valence-electron chi connectivity index (χ3n) is 3.68. The number of nitrogens with zero attached hydrogens (tertiary/aromatic N) is 1. The summed E-state index contributed by atoms with van der Waals surface area (Å²) in [7, 11) is 0. The van der Waals surface area contributed by atoms with Crippen molar-refractivity contribution < 1.29 is 9.13 Å². The third kappa shape index (κ3) is 5.64. The molecule has 1 aromatic carbocycles. The van der Waals surface area contributed by atoms with Gasteiger partial charge in [-0.3, -0.25) is 4.90 Å². The average molecular weight is 294 g/mol. The van der Waals surface area contributed by atoms with Crippen LogP contribution >= 0.6 is 0 Å². The van der Waals surface area contributed by atoms with E-state index < -0.39 is 0 Å². The van der Waals surface area contributed by atoms with Gasteiger partial charge in [-0.2, -0.15) is 0 Å². The second kappa shape index (κ2) is 7.23. The van der Waals surface area contributed by atoms with E-state index in [0.717, 1.165) is 25.2 Å². The Kier molecular flexibility index (Phi) is 5.59. The lowest BCUT2D eigenvalue weighted by Crippen LogP contribution is -2.35. The SMILES string of the molecule is CC(C)(C)NCc1ccc(OCCN2CCCC2)c(F)c1. The molecule has 2 rings (SSSR count). The number of hydrogen-bond acceptors (Lipinski definition) is 3. The number of ether oxygens (including phenoxy) is 1. The molecule has 0 amide bonds. The van der Waals surface area contributed by atoms with Crippen LogP contribution in [0.3, 0.4) is 0 Å². The van der Waals surface area contributed by atoms with Crippen molar-refractivity contribution in [3.63, 3.8) is 0 Å². The molecular formula is C17H27FN2O. The standard InChI is InChI=1S/C17H27FN2O/c1-17(2,3)19-13-14-6-7-16(15(18)12-14)21-11-10-20-8-4-5-9-20/h6-7,12,19H,4-5,8-11,13H2,1-3H3. The molecule has 0 spiro atoms. The second-order valence-corrected chi connectivity index (χ2v) is 6.77. The van der Waals surface area contributed by atoms with Crippen molar-refractivity contribution in [3.8, 4) is 5.75 Å². The van der Waals surface area contributed by atoms with Gasteiger partial charge in [0.1, 0.15) is 6.61 Å². The van der Waals surface area contributed by atoms with Crippen LogP contribution in [0.4, 0.5) is 4.39 Å². The lowest BCUT2D eigenvalue weighted by molar-refractivity contribution is 0.231. The minimum atomic E-state index is -0.273. The maximum atomic E-state index is 14.0. The first-order valence-electron chi connectivity index (χ1n) is 7.83. The highest BCUT2D eigenvalue weighted by molar-refractivity contribution is 5.29. The van der Waals surface area contributed by atoms with Crippen LogP contribution in [0.25, 0.3) is 0 Å². The summed E-state index contributed by atoms with van der Waals surface area (Å²) in [5.41, 5.74) is 0.968. The summed E-state index contributed by atoms with van der Waals surface area (Å²) < 4.78 is 19.6. The van der Waals surface area contributed by atoms with Gasteiger partial charge in [-0.05, 0) is 64.4 Å². The number of likely N-dealkylation sites (tertiary alicyclic amines) is 1. The molecule has 1 saturated heterocycles. The van der Waals surface area contributed by atoms with Crippen LogP contribution in [0, 0.1) is 5.82 Å². The van der Waals surface area contributed by atoms with E-state index in [1.807, 2.05) is 6.07 Å². The molecule has 0 bridgehead atoms. The summed E-state index contributed by atoms with van der Waals surface area (Å²) in [4.78, 5) is 2.36. The number of nitrogens with one attached hydrogen (secondary N) is 1. The molecule has 0 atom stereocenters. The first kappa shape index (κ1) is 16.2. The number of hydrogen-bond donors (Lipinski definition) is 1. The molecule has 21 heavy (non-hydrogen) atoms. The Bertz CT molecular complexity index is 451. The van der Waals surface area contributed by atoms with Crippen molar-refractivity contribution in [1.29, 1.82) is 0 Å². The highest BCUT2D eigenvalue weighted by atomic mass is 19.1. The van der Waals surface area contributed by atoms with Gasteiger partial charge < -0.3 is 10.1 Å². The molecule has 3 nitrogen and oxygen atoms in total. The Morgan fingerprint density at radius 1 is 1.24 bits per heavy atom. The van der Waals surface area contributed by atoms with Gasteiger partial charge in [0, 0.05) is 18.6 Å². The van der Waals surface area contributed by atoms with Crippen LogP contribution in [0.1, 0.15) is 39.2 Å². The fraction of sp³-hybridized carbons (Fsp3) is 0.647. The average Bonchev–Trinajstić information content (AvgIpc) is 2.91. The third-order valence-corrected chi connectivity index (χ3v) is 3.68. The zero-order valence-corrected chi connectivity index (χ0v) is 13.4. The first-order valence-corrected chi connectivity index (χ1v) is 7.83. The highest BCUT2D eigenvalue weighted by Gasteiger charge is 2.12. The smallest absolute Gasteiger partial charge is 0.165 e. The van der Waals surface area contributed by atoms with Crippen LogP contribution < -0.4 is 10.1 Å². The van der Waals surface area contributed by atoms with Crippen molar-refractivity contribution in [3.05, 3.63) is 29.6 Å². The predicted octanol–water partition coefficient (Wildman–Crippen LogP) is 3.19. The van der Waals surface area contributed by atoms with Gasteiger partial charge >= 0.3 is 0 Å². The van der Waals surface area contributed by atoms with Crippen molar-refractivity contribution in [2.24, 2.45) is 0 Å². The Morgan fingerprint density at radius 3 is 2.57 bits per heavy atom. The summed E-state index contributed by atoms with van der Waals surface area (Å²) in [6, 6.07) is 5.22.